The summed E-state index contributed by atoms with van der Waals surface area (Å²) in [5.41, 5.74) is 1.46. The van der Waals surface area contributed by atoms with Crippen LogP contribution in [-0.2, 0) is 0 Å². The lowest BCUT2D eigenvalue weighted by Gasteiger charge is -2.17. The van der Waals surface area contributed by atoms with E-state index in [1.807, 2.05) is 0 Å². The Labute approximate surface area is 137 Å². The second-order valence-electron chi connectivity index (χ2n) is 4.73. The summed E-state index contributed by atoms with van der Waals surface area (Å²) in [4.78, 5) is 11.9. The first-order valence-electron chi connectivity index (χ1n) is 6.51. The zero-order valence-electron chi connectivity index (χ0n) is 11.3. The molecule has 1 heterocycles. The van der Waals surface area contributed by atoms with Gasteiger partial charge in [-0.25, -0.2) is 0 Å². The van der Waals surface area contributed by atoms with Crippen molar-refractivity contribution in [1.29, 1.82) is 5.26 Å². The molecule has 2 aromatic carbocycles. The molecule has 22 heavy (non-hydrogen) atoms. The number of hydrogen-bond acceptors (Lipinski definition) is 4. The molecule has 4 nitrogen and oxygen atoms in total. The fraction of sp³-hybridized carbons (Fsp3) is 0.125. The Hall–Kier alpha value is -2.22. The number of anilines is 1. The highest BCUT2D eigenvalue weighted by Crippen LogP contribution is 2.36. The molecule has 0 aliphatic carbocycles. The average molecular weight is 333 g/mol. The summed E-state index contributed by atoms with van der Waals surface area (Å²) in [6, 6.07) is 11.6. The van der Waals surface area contributed by atoms with Crippen LogP contribution in [0.1, 0.15) is 22.0 Å². The number of fused-ring (bicyclic) bond motifs is 1. The zero-order chi connectivity index (χ0) is 15.7. The maximum Gasteiger partial charge on any atom is 0.206 e. The molecule has 0 saturated carbocycles. The molecule has 3 rings (SSSR count). The fourth-order valence-corrected chi connectivity index (χ4v) is 3.00. The van der Waals surface area contributed by atoms with Crippen molar-refractivity contribution in [3.05, 3.63) is 57.6 Å². The Morgan fingerprint density at radius 3 is 2.55 bits per heavy atom. The number of benzene rings is 2. The number of carbonyl (C=O) groups is 1. The molecule has 0 saturated heterocycles. The van der Waals surface area contributed by atoms with E-state index in [1.165, 1.54) is 0 Å². The zero-order valence-corrected chi connectivity index (χ0v) is 12.8. The Balaban J connectivity index is 2.01. The van der Waals surface area contributed by atoms with Gasteiger partial charge in [-0.3, -0.25) is 4.79 Å². The summed E-state index contributed by atoms with van der Waals surface area (Å²) in [6.07, 6.45) is 0. The van der Waals surface area contributed by atoms with Crippen molar-refractivity contribution in [3.63, 3.8) is 0 Å². The quantitative estimate of drug-likeness (QED) is 0.912. The van der Waals surface area contributed by atoms with Crippen LogP contribution in [0.2, 0.25) is 10.0 Å². The lowest BCUT2D eigenvalue weighted by molar-refractivity contribution is 0.0961. The second-order valence-corrected chi connectivity index (χ2v) is 5.55. The van der Waals surface area contributed by atoms with E-state index in [-0.39, 0.29) is 12.4 Å². The molecule has 0 aromatic heterocycles. The number of nitriles is 1. The van der Waals surface area contributed by atoms with Crippen LogP contribution in [0.3, 0.4) is 0 Å². The fourth-order valence-electron chi connectivity index (χ4n) is 2.39. The van der Waals surface area contributed by atoms with E-state index < -0.39 is 6.04 Å². The maximum atomic E-state index is 11.9. The molecule has 0 amide bonds. The van der Waals surface area contributed by atoms with Gasteiger partial charge in [-0.15, -0.1) is 0 Å². The highest BCUT2D eigenvalue weighted by molar-refractivity contribution is 6.36. The normalized spacial score (nSPS) is 14.0. The van der Waals surface area contributed by atoms with Crippen LogP contribution in [0.25, 0.3) is 0 Å². The van der Waals surface area contributed by atoms with E-state index in [0.29, 0.717) is 32.6 Å². The van der Waals surface area contributed by atoms with Crippen molar-refractivity contribution in [3.8, 4) is 11.8 Å². The number of nitrogens with one attached hydrogen (secondary N) is 1. The molecule has 0 radical (unpaired) electrons. The van der Waals surface area contributed by atoms with Crippen molar-refractivity contribution < 1.29 is 9.53 Å². The molecular weight excluding hydrogens is 323 g/mol. The third kappa shape index (κ3) is 2.50. The molecule has 6 heteroatoms. The molecule has 0 fully saturated rings. The van der Waals surface area contributed by atoms with E-state index in [1.54, 1.807) is 36.4 Å². The monoisotopic (exact) mass is 332 g/mol. The number of ketones is 1. The maximum absolute atomic E-state index is 11.9. The van der Waals surface area contributed by atoms with Crippen molar-refractivity contribution in [2.24, 2.45) is 0 Å². The van der Waals surface area contributed by atoms with Crippen LogP contribution in [0.5, 0.6) is 5.75 Å². The summed E-state index contributed by atoms with van der Waals surface area (Å²) in [6.45, 7) is 0.0120. The van der Waals surface area contributed by atoms with E-state index in [9.17, 15) is 10.1 Å². The van der Waals surface area contributed by atoms with Gasteiger partial charge in [0.1, 0.15) is 11.8 Å². The van der Waals surface area contributed by atoms with Crippen molar-refractivity contribution >= 4 is 34.7 Å². The van der Waals surface area contributed by atoms with Crippen molar-refractivity contribution in [2.45, 2.75) is 6.04 Å². The molecule has 0 spiro atoms. The molecule has 110 valence electrons. The number of Topliss-reactive ketones (excluding diaryl/α,β-unsaturated/α-hetero) is 1. The van der Waals surface area contributed by atoms with E-state index in [2.05, 4.69) is 11.4 Å². The summed E-state index contributed by atoms with van der Waals surface area (Å²) in [5, 5.41) is 13.3. The third-order valence-corrected chi connectivity index (χ3v) is 4.04. The number of nitrogens with zero attached hydrogens (tertiary/aromatic N) is 1. The van der Waals surface area contributed by atoms with Gasteiger partial charge in [-0.05, 0) is 24.3 Å². The van der Waals surface area contributed by atoms with Crippen LogP contribution in [0, 0.1) is 11.3 Å². The van der Waals surface area contributed by atoms with Gasteiger partial charge >= 0.3 is 0 Å². The lowest BCUT2D eigenvalue weighted by atomic mass is 10.0. The summed E-state index contributed by atoms with van der Waals surface area (Å²) in [5.74, 6) is 0.386. The second kappa shape index (κ2) is 5.88. The topological polar surface area (TPSA) is 62.1 Å². The van der Waals surface area contributed by atoms with Gasteiger partial charge in [0.2, 0.25) is 5.78 Å². The number of ether oxygens (including phenoxy) is 1. The molecule has 1 unspecified atom stereocenters. The molecule has 1 atom stereocenters. The van der Waals surface area contributed by atoms with E-state index in [0.717, 1.165) is 0 Å². The third-order valence-electron chi connectivity index (χ3n) is 3.38. The number of carbonyl (C=O) groups excluding carboxylic acids is 1. The molecular formula is C16H10Cl2N2O2. The minimum atomic E-state index is -0.777. The van der Waals surface area contributed by atoms with Crippen molar-refractivity contribution in [1.82, 2.24) is 0 Å². The van der Waals surface area contributed by atoms with Gasteiger partial charge in [-0.2, -0.15) is 5.26 Å². The Morgan fingerprint density at radius 1 is 1.18 bits per heavy atom. The highest BCUT2D eigenvalue weighted by atomic mass is 35.5. The number of hydrogen-bond donors (Lipinski definition) is 1. The van der Waals surface area contributed by atoms with Crippen LogP contribution in [0.4, 0.5) is 5.69 Å². The van der Waals surface area contributed by atoms with Crippen LogP contribution in [0.15, 0.2) is 36.4 Å². The lowest BCUT2D eigenvalue weighted by Crippen LogP contribution is -2.12. The minimum Gasteiger partial charge on any atom is -0.485 e. The van der Waals surface area contributed by atoms with Gasteiger partial charge in [-0.1, -0.05) is 35.3 Å². The largest absolute Gasteiger partial charge is 0.485 e. The first-order chi connectivity index (χ1) is 10.6. The first kappa shape index (κ1) is 14.7. The highest BCUT2D eigenvalue weighted by Gasteiger charge is 2.26. The predicted molar refractivity (Wildman–Crippen MR) is 84.7 cm³/mol. The van der Waals surface area contributed by atoms with Gasteiger partial charge in [0, 0.05) is 15.6 Å². The summed E-state index contributed by atoms with van der Waals surface area (Å²) < 4.78 is 5.30. The Bertz CT molecular complexity index is 779. The van der Waals surface area contributed by atoms with Crippen LogP contribution < -0.4 is 10.1 Å². The first-order valence-corrected chi connectivity index (χ1v) is 7.26. The smallest absolute Gasteiger partial charge is 0.206 e. The SMILES string of the molecule is N#CC(Nc1cccc2c1C(=O)CO2)c1c(Cl)cccc1Cl. The van der Waals surface area contributed by atoms with E-state index >= 15 is 0 Å². The average Bonchev–Trinajstić information content (AvgIpc) is 2.88. The van der Waals surface area contributed by atoms with Crippen molar-refractivity contribution in [2.75, 3.05) is 11.9 Å². The number of rotatable bonds is 3. The Kier molecular flexibility index (Phi) is 3.93. The van der Waals surface area contributed by atoms with Gasteiger partial charge in [0.15, 0.2) is 6.61 Å². The molecule has 0 bridgehead atoms. The standard InChI is InChI=1S/C16H10Cl2N2O2/c17-9-3-1-4-10(18)15(9)12(7-19)20-11-5-2-6-14-16(11)13(21)8-22-14/h1-6,12,20H,8H2. The molecule has 1 aliphatic heterocycles. The molecule has 2 aromatic rings. The summed E-state index contributed by atoms with van der Waals surface area (Å²) >= 11 is 12.3. The van der Waals surface area contributed by atoms with Crippen LogP contribution in [-0.4, -0.2) is 12.4 Å². The minimum absolute atomic E-state index is 0.0120. The molecule has 1 aliphatic rings. The summed E-state index contributed by atoms with van der Waals surface area (Å²) in [7, 11) is 0. The van der Waals surface area contributed by atoms with E-state index in [4.69, 9.17) is 27.9 Å². The number of halogens is 2. The molecule has 1 N–H and O–H groups in total. The Morgan fingerprint density at radius 2 is 1.86 bits per heavy atom. The van der Waals surface area contributed by atoms with Gasteiger partial charge in [0.25, 0.3) is 0 Å². The predicted octanol–water partition coefficient (Wildman–Crippen LogP) is 4.25. The van der Waals surface area contributed by atoms with Gasteiger partial charge < -0.3 is 10.1 Å². The van der Waals surface area contributed by atoms with Crippen LogP contribution >= 0.6 is 23.2 Å². The van der Waals surface area contributed by atoms with Gasteiger partial charge in [0.05, 0.1) is 17.3 Å².